The quantitative estimate of drug-likeness (QED) is 0.724. The Morgan fingerprint density at radius 2 is 1.82 bits per heavy atom. The summed E-state index contributed by atoms with van der Waals surface area (Å²) in [5, 5.41) is 13.1. The van der Waals surface area contributed by atoms with Gasteiger partial charge >= 0.3 is 5.69 Å². The van der Waals surface area contributed by atoms with E-state index in [1.54, 1.807) is 48.5 Å². The zero-order valence-corrected chi connectivity index (χ0v) is 11.4. The Morgan fingerprint density at radius 1 is 1.09 bits per heavy atom. The summed E-state index contributed by atoms with van der Waals surface area (Å²) in [6.07, 6.45) is 1.40. The molecule has 3 rings (SSSR count). The maximum Gasteiger partial charge on any atom is 0.349 e. The first kappa shape index (κ1) is 13.5. The molecule has 0 fully saturated rings. The summed E-state index contributed by atoms with van der Waals surface area (Å²) < 4.78 is 0.778. The molecule has 0 saturated carbocycles. The van der Waals surface area contributed by atoms with Gasteiger partial charge in [-0.2, -0.15) is 10.4 Å². The normalized spacial score (nSPS) is 10.9. The van der Waals surface area contributed by atoms with Crippen molar-refractivity contribution in [1.29, 1.82) is 5.26 Å². The second-order valence-corrected chi connectivity index (χ2v) is 4.57. The highest BCUT2D eigenvalue weighted by Crippen LogP contribution is 2.03. The lowest BCUT2D eigenvalue weighted by Crippen LogP contribution is -2.32. The van der Waals surface area contributed by atoms with E-state index in [4.69, 9.17) is 5.26 Å². The van der Waals surface area contributed by atoms with Crippen LogP contribution in [0.1, 0.15) is 11.1 Å². The first-order valence-corrected chi connectivity index (χ1v) is 6.47. The van der Waals surface area contributed by atoms with Gasteiger partial charge in [0.1, 0.15) is 0 Å². The van der Waals surface area contributed by atoms with Gasteiger partial charge in [0.25, 0.3) is 5.56 Å². The predicted octanol–water partition coefficient (Wildman–Crippen LogP) is 1.44. The van der Waals surface area contributed by atoms with E-state index in [1.807, 2.05) is 6.07 Å². The molecule has 6 nitrogen and oxygen atoms in total. The van der Waals surface area contributed by atoms with E-state index >= 15 is 0 Å². The zero-order valence-electron chi connectivity index (χ0n) is 11.4. The summed E-state index contributed by atoms with van der Waals surface area (Å²) in [5.74, 6) is 0. The number of hydrogen-bond acceptors (Lipinski definition) is 4. The number of benzene rings is 2. The van der Waals surface area contributed by atoms with Crippen LogP contribution in [0.25, 0.3) is 10.9 Å². The molecule has 6 heteroatoms. The second-order valence-electron chi connectivity index (χ2n) is 4.57. The fraction of sp³-hybridized carbons (Fsp3) is 0. The number of aromatic amines is 1. The van der Waals surface area contributed by atoms with E-state index in [-0.39, 0.29) is 0 Å². The number of H-pyrrole nitrogens is 1. The molecule has 22 heavy (non-hydrogen) atoms. The number of rotatable bonds is 2. The number of nitrogens with one attached hydrogen (secondary N) is 1. The Hall–Kier alpha value is -3.46. The van der Waals surface area contributed by atoms with Crippen molar-refractivity contribution in [3.63, 3.8) is 0 Å². The molecule has 1 heterocycles. The molecule has 0 aliphatic carbocycles. The van der Waals surface area contributed by atoms with Gasteiger partial charge in [0, 0.05) is 0 Å². The van der Waals surface area contributed by atoms with Crippen molar-refractivity contribution in [2.45, 2.75) is 0 Å². The van der Waals surface area contributed by atoms with Crippen molar-refractivity contribution in [3.8, 4) is 6.07 Å². The lowest BCUT2D eigenvalue weighted by atomic mass is 10.2. The molecule has 3 aromatic rings. The van der Waals surface area contributed by atoms with Gasteiger partial charge in [0.2, 0.25) is 0 Å². The maximum absolute atomic E-state index is 12.3. The molecule has 2 aromatic carbocycles. The molecule has 0 atom stereocenters. The van der Waals surface area contributed by atoms with E-state index in [1.165, 1.54) is 6.21 Å². The van der Waals surface area contributed by atoms with Crippen molar-refractivity contribution in [2.24, 2.45) is 5.10 Å². The second kappa shape index (κ2) is 5.50. The van der Waals surface area contributed by atoms with E-state index in [0.29, 0.717) is 22.0 Å². The van der Waals surface area contributed by atoms with Crippen LogP contribution >= 0.6 is 0 Å². The monoisotopic (exact) mass is 290 g/mol. The van der Waals surface area contributed by atoms with Crippen molar-refractivity contribution >= 4 is 17.1 Å². The van der Waals surface area contributed by atoms with Gasteiger partial charge in [0.15, 0.2) is 0 Å². The molecule has 0 aliphatic rings. The minimum Gasteiger partial charge on any atom is -0.305 e. The first-order valence-electron chi connectivity index (χ1n) is 6.47. The van der Waals surface area contributed by atoms with Gasteiger partial charge < -0.3 is 4.98 Å². The van der Waals surface area contributed by atoms with Gasteiger partial charge in [-0.1, -0.05) is 24.3 Å². The number of nitriles is 1. The number of fused-ring (bicyclic) bond motifs is 1. The summed E-state index contributed by atoms with van der Waals surface area (Å²) in [5.41, 5.74) is 0.594. The number of aromatic nitrogens is 2. The van der Waals surface area contributed by atoms with Crippen molar-refractivity contribution < 1.29 is 0 Å². The molecule has 0 amide bonds. The lowest BCUT2D eigenvalue weighted by Gasteiger charge is -2.00. The minimum absolute atomic E-state index is 0.388. The van der Waals surface area contributed by atoms with Crippen LogP contribution in [0.3, 0.4) is 0 Å². The summed E-state index contributed by atoms with van der Waals surface area (Å²) in [4.78, 5) is 26.8. The maximum atomic E-state index is 12.3. The molecule has 0 unspecified atom stereocenters. The first-order chi connectivity index (χ1) is 10.7. The van der Waals surface area contributed by atoms with E-state index in [2.05, 4.69) is 10.1 Å². The molecular formula is C16H10N4O2. The van der Waals surface area contributed by atoms with Crippen LogP contribution in [0.5, 0.6) is 0 Å². The zero-order chi connectivity index (χ0) is 15.5. The van der Waals surface area contributed by atoms with Crippen LogP contribution in [-0.4, -0.2) is 15.9 Å². The Balaban J connectivity index is 2.07. The van der Waals surface area contributed by atoms with Gasteiger partial charge in [0.05, 0.1) is 28.8 Å². The third-order valence-electron chi connectivity index (χ3n) is 3.15. The summed E-state index contributed by atoms with van der Waals surface area (Å²) in [6, 6.07) is 15.4. The minimum atomic E-state index is -0.603. The Labute approximate surface area is 124 Å². The molecule has 0 bridgehead atoms. The molecule has 106 valence electrons. The predicted molar refractivity (Wildman–Crippen MR) is 83.0 cm³/mol. The summed E-state index contributed by atoms with van der Waals surface area (Å²) in [7, 11) is 0. The molecule has 0 aliphatic heterocycles. The van der Waals surface area contributed by atoms with Gasteiger partial charge in [-0.25, -0.2) is 4.79 Å². The number of nitrogens with zero attached hydrogens (tertiary/aromatic N) is 3. The fourth-order valence-electron chi connectivity index (χ4n) is 2.03. The highest BCUT2D eigenvalue weighted by atomic mass is 16.2. The average Bonchev–Trinajstić information content (AvgIpc) is 2.55. The fourth-order valence-corrected chi connectivity index (χ4v) is 2.03. The standard InChI is InChI=1S/C16H10N4O2/c17-9-11-5-7-12(8-6-11)10-18-20-15(21)13-3-1-2-4-14(13)19-16(20)22/h1-8,10H,(H,19,22). The molecule has 1 N–H and O–H groups in total. The number of para-hydroxylation sites is 1. The number of hydrogen-bond donors (Lipinski definition) is 1. The van der Waals surface area contributed by atoms with Crippen LogP contribution in [0.15, 0.2) is 63.2 Å². The van der Waals surface area contributed by atoms with Gasteiger partial charge in [-0.05, 0) is 29.8 Å². The topological polar surface area (TPSA) is 91.0 Å². The third-order valence-corrected chi connectivity index (χ3v) is 3.15. The van der Waals surface area contributed by atoms with Crippen LogP contribution < -0.4 is 11.2 Å². The van der Waals surface area contributed by atoms with Crippen molar-refractivity contribution in [2.75, 3.05) is 0 Å². The molecule has 0 radical (unpaired) electrons. The van der Waals surface area contributed by atoms with E-state index < -0.39 is 11.2 Å². The van der Waals surface area contributed by atoms with Crippen LogP contribution in [0, 0.1) is 11.3 Å². The smallest absolute Gasteiger partial charge is 0.305 e. The highest BCUT2D eigenvalue weighted by molar-refractivity contribution is 5.80. The molecule has 0 saturated heterocycles. The average molecular weight is 290 g/mol. The molecular weight excluding hydrogens is 280 g/mol. The molecule has 1 aromatic heterocycles. The van der Waals surface area contributed by atoms with Gasteiger partial charge in [-0.15, -0.1) is 4.68 Å². The summed E-state index contributed by atoms with van der Waals surface area (Å²) >= 11 is 0. The van der Waals surface area contributed by atoms with E-state index in [0.717, 1.165) is 4.68 Å². The lowest BCUT2D eigenvalue weighted by molar-refractivity contribution is 0.771. The SMILES string of the molecule is N#Cc1ccc(C=Nn2c(=O)[nH]c3ccccc3c2=O)cc1. The Kier molecular flexibility index (Phi) is 3.38. The largest absolute Gasteiger partial charge is 0.349 e. The Morgan fingerprint density at radius 3 is 2.55 bits per heavy atom. The van der Waals surface area contributed by atoms with Gasteiger partial charge in [-0.3, -0.25) is 4.79 Å². The van der Waals surface area contributed by atoms with E-state index in [9.17, 15) is 9.59 Å². The van der Waals surface area contributed by atoms with Crippen molar-refractivity contribution in [3.05, 3.63) is 80.5 Å². The third kappa shape index (κ3) is 2.43. The summed E-state index contributed by atoms with van der Waals surface area (Å²) in [6.45, 7) is 0. The highest BCUT2D eigenvalue weighted by Gasteiger charge is 2.05. The molecule has 0 spiro atoms. The van der Waals surface area contributed by atoms with Crippen LogP contribution in [0.2, 0.25) is 0 Å². The Bertz CT molecular complexity index is 1020. The van der Waals surface area contributed by atoms with Crippen molar-refractivity contribution in [1.82, 2.24) is 9.66 Å². The van der Waals surface area contributed by atoms with Crippen LogP contribution in [-0.2, 0) is 0 Å². The van der Waals surface area contributed by atoms with Crippen LogP contribution in [0.4, 0.5) is 0 Å².